The lowest BCUT2D eigenvalue weighted by molar-refractivity contribution is -0.118. The Hall–Kier alpha value is -1.14. The zero-order valence-electron chi connectivity index (χ0n) is 8.33. The number of amides is 1. The van der Waals surface area contributed by atoms with Crippen molar-refractivity contribution in [2.24, 2.45) is 0 Å². The van der Waals surface area contributed by atoms with Gasteiger partial charge in [0.15, 0.2) is 9.84 Å². The number of nitrogens with one attached hydrogen (secondary N) is 1. The van der Waals surface area contributed by atoms with Crippen LogP contribution in [-0.2, 0) is 14.6 Å². The van der Waals surface area contributed by atoms with Gasteiger partial charge < -0.3 is 5.32 Å². The van der Waals surface area contributed by atoms with Crippen LogP contribution in [0.4, 0.5) is 4.39 Å². The Morgan fingerprint density at radius 1 is 1.50 bits per heavy atom. The molecule has 0 saturated heterocycles. The first-order valence-electron chi connectivity index (χ1n) is 4.25. The molecule has 88 valence electrons. The highest BCUT2D eigenvalue weighted by Crippen LogP contribution is 2.20. The third kappa shape index (κ3) is 2.93. The van der Waals surface area contributed by atoms with Crippen LogP contribution in [0.15, 0.2) is 23.1 Å². The molecule has 0 heterocycles. The number of rotatable bonds is 3. The van der Waals surface area contributed by atoms with E-state index in [0.29, 0.717) is 0 Å². The maximum atomic E-state index is 12.8. The van der Waals surface area contributed by atoms with Gasteiger partial charge in [-0.1, -0.05) is 11.6 Å². The topological polar surface area (TPSA) is 63.2 Å². The average molecular weight is 266 g/mol. The Kier molecular flexibility index (Phi) is 3.88. The summed E-state index contributed by atoms with van der Waals surface area (Å²) < 4.78 is 36.1. The molecule has 1 aromatic carbocycles. The quantitative estimate of drug-likeness (QED) is 0.830. The average Bonchev–Trinajstić information content (AvgIpc) is 2.21. The fourth-order valence-electron chi connectivity index (χ4n) is 0.998. The highest BCUT2D eigenvalue weighted by atomic mass is 35.5. The molecule has 1 aromatic rings. The molecular weight excluding hydrogens is 257 g/mol. The van der Waals surface area contributed by atoms with Crippen molar-refractivity contribution in [3.63, 3.8) is 0 Å². The summed E-state index contributed by atoms with van der Waals surface area (Å²) in [6.07, 6.45) is 0. The third-order valence-electron chi connectivity index (χ3n) is 1.85. The number of hydrogen-bond acceptors (Lipinski definition) is 3. The Morgan fingerprint density at radius 3 is 2.62 bits per heavy atom. The standard InChI is InChI=1S/C9H9ClFNO3S/c1-12-9(13)5-16(14,15)6-2-3-8(11)7(10)4-6/h2-4H,5H2,1H3,(H,12,13). The first-order chi connectivity index (χ1) is 7.36. The van der Waals surface area contributed by atoms with Crippen LogP contribution in [-0.4, -0.2) is 27.1 Å². The fraction of sp³-hybridized carbons (Fsp3) is 0.222. The van der Waals surface area contributed by atoms with Crippen molar-refractivity contribution in [1.82, 2.24) is 5.32 Å². The van der Waals surface area contributed by atoms with Crippen LogP contribution in [0, 0.1) is 5.82 Å². The van der Waals surface area contributed by atoms with E-state index in [1.165, 1.54) is 7.05 Å². The molecular formula is C9H9ClFNO3S. The molecule has 0 atom stereocenters. The SMILES string of the molecule is CNC(=O)CS(=O)(=O)c1ccc(F)c(Cl)c1. The maximum absolute atomic E-state index is 12.8. The molecule has 1 rings (SSSR count). The molecule has 0 unspecified atom stereocenters. The van der Waals surface area contributed by atoms with Crippen molar-refractivity contribution in [3.05, 3.63) is 29.0 Å². The molecule has 7 heteroatoms. The van der Waals surface area contributed by atoms with Gasteiger partial charge >= 0.3 is 0 Å². The fourth-order valence-corrected chi connectivity index (χ4v) is 2.47. The minimum atomic E-state index is -3.77. The maximum Gasteiger partial charge on any atom is 0.235 e. The summed E-state index contributed by atoms with van der Waals surface area (Å²) in [5.74, 6) is -2.04. The van der Waals surface area contributed by atoms with Crippen LogP contribution in [0.25, 0.3) is 0 Å². The summed E-state index contributed by atoms with van der Waals surface area (Å²) in [6, 6.07) is 2.99. The van der Waals surface area contributed by atoms with Gasteiger partial charge in [-0.05, 0) is 18.2 Å². The summed E-state index contributed by atoms with van der Waals surface area (Å²) in [5.41, 5.74) is 0. The second-order valence-electron chi connectivity index (χ2n) is 3.01. The van der Waals surface area contributed by atoms with Gasteiger partial charge in [-0.3, -0.25) is 4.79 Å². The van der Waals surface area contributed by atoms with Gasteiger partial charge in [0.25, 0.3) is 0 Å². The molecule has 1 N–H and O–H groups in total. The Labute approximate surface area is 97.3 Å². The van der Waals surface area contributed by atoms with Crippen molar-refractivity contribution in [2.45, 2.75) is 4.90 Å². The van der Waals surface area contributed by atoms with Gasteiger partial charge in [0.1, 0.15) is 11.6 Å². The van der Waals surface area contributed by atoms with Crippen LogP contribution < -0.4 is 5.32 Å². The number of sulfone groups is 1. The largest absolute Gasteiger partial charge is 0.358 e. The first kappa shape index (κ1) is 12.9. The van der Waals surface area contributed by atoms with Crippen LogP contribution in [0.5, 0.6) is 0 Å². The predicted octanol–water partition coefficient (Wildman–Crippen LogP) is 0.999. The third-order valence-corrected chi connectivity index (χ3v) is 3.75. The van der Waals surface area contributed by atoms with Crippen molar-refractivity contribution in [3.8, 4) is 0 Å². The number of carbonyl (C=O) groups is 1. The van der Waals surface area contributed by atoms with E-state index in [1.807, 2.05) is 0 Å². The summed E-state index contributed by atoms with van der Waals surface area (Å²) in [7, 11) is -2.45. The van der Waals surface area contributed by atoms with Crippen molar-refractivity contribution < 1.29 is 17.6 Å². The molecule has 0 aliphatic heterocycles. The first-order valence-corrected chi connectivity index (χ1v) is 6.28. The molecule has 0 radical (unpaired) electrons. The van der Waals surface area contributed by atoms with Crippen LogP contribution >= 0.6 is 11.6 Å². The molecule has 4 nitrogen and oxygen atoms in total. The lowest BCUT2D eigenvalue weighted by Gasteiger charge is -2.04. The molecule has 16 heavy (non-hydrogen) atoms. The highest BCUT2D eigenvalue weighted by Gasteiger charge is 2.19. The summed E-state index contributed by atoms with van der Waals surface area (Å²) in [4.78, 5) is 10.8. The zero-order chi connectivity index (χ0) is 12.3. The van der Waals surface area contributed by atoms with E-state index < -0.39 is 27.3 Å². The normalized spacial score (nSPS) is 11.2. The number of hydrogen-bond donors (Lipinski definition) is 1. The van der Waals surface area contributed by atoms with Crippen molar-refractivity contribution >= 4 is 27.3 Å². The lowest BCUT2D eigenvalue weighted by atomic mass is 10.3. The monoisotopic (exact) mass is 265 g/mol. The number of carbonyl (C=O) groups excluding carboxylic acids is 1. The molecule has 1 amide bonds. The van der Waals surface area contributed by atoms with Gasteiger partial charge in [0.2, 0.25) is 5.91 Å². The van der Waals surface area contributed by atoms with Gasteiger partial charge in [-0.25, -0.2) is 12.8 Å². The predicted molar refractivity (Wildman–Crippen MR) is 57.5 cm³/mol. The van der Waals surface area contributed by atoms with Gasteiger partial charge in [-0.2, -0.15) is 0 Å². The van der Waals surface area contributed by atoms with E-state index in [9.17, 15) is 17.6 Å². The van der Waals surface area contributed by atoms with Crippen molar-refractivity contribution in [1.29, 1.82) is 0 Å². The van der Waals surface area contributed by atoms with Gasteiger partial charge in [0.05, 0.1) is 9.92 Å². The second-order valence-corrected chi connectivity index (χ2v) is 5.40. The Balaban J connectivity index is 3.08. The smallest absolute Gasteiger partial charge is 0.235 e. The molecule has 0 saturated carbocycles. The number of benzene rings is 1. The Morgan fingerprint density at radius 2 is 2.12 bits per heavy atom. The highest BCUT2D eigenvalue weighted by molar-refractivity contribution is 7.92. The molecule has 0 aliphatic rings. The Bertz CT molecular complexity index is 515. The molecule has 0 bridgehead atoms. The van der Waals surface area contributed by atoms with Crippen LogP contribution in [0.2, 0.25) is 5.02 Å². The van der Waals surface area contributed by atoms with Gasteiger partial charge in [0, 0.05) is 7.05 Å². The summed E-state index contributed by atoms with van der Waals surface area (Å²) >= 11 is 5.45. The van der Waals surface area contributed by atoms with Crippen molar-refractivity contribution in [2.75, 3.05) is 12.8 Å². The van der Waals surface area contributed by atoms with E-state index in [2.05, 4.69) is 5.32 Å². The van der Waals surface area contributed by atoms with E-state index in [0.717, 1.165) is 18.2 Å². The summed E-state index contributed by atoms with van der Waals surface area (Å²) in [5, 5.41) is 1.90. The minimum Gasteiger partial charge on any atom is -0.358 e. The molecule has 0 aliphatic carbocycles. The van der Waals surface area contributed by atoms with E-state index in [1.54, 1.807) is 0 Å². The molecule has 0 aromatic heterocycles. The second kappa shape index (κ2) is 4.80. The lowest BCUT2D eigenvalue weighted by Crippen LogP contribution is -2.27. The van der Waals surface area contributed by atoms with E-state index in [4.69, 9.17) is 11.6 Å². The van der Waals surface area contributed by atoms with Crippen LogP contribution in [0.1, 0.15) is 0 Å². The number of halogens is 2. The van der Waals surface area contributed by atoms with Gasteiger partial charge in [-0.15, -0.1) is 0 Å². The summed E-state index contributed by atoms with van der Waals surface area (Å²) in [6.45, 7) is 0. The zero-order valence-corrected chi connectivity index (χ0v) is 9.90. The molecule has 0 spiro atoms. The van der Waals surface area contributed by atoms with E-state index >= 15 is 0 Å². The van der Waals surface area contributed by atoms with Crippen LogP contribution in [0.3, 0.4) is 0 Å². The van der Waals surface area contributed by atoms with E-state index in [-0.39, 0.29) is 9.92 Å². The molecule has 0 fully saturated rings. The minimum absolute atomic E-state index is 0.178.